The molecule has 0 aromatic heterocycles. The average molecular weight is 711 g/mol. The van der Waals surface area contributed by atoms with Crippen LogP contribution in [0.5, 0.6) is 0 Å². The Labute approximate surface area is 318 Å². The fraction of sp³-hybridized carbons (Fsp3) is 0.917. The molecule has 0 radical (unpaired) electrons. The van der Waals surface area contributed by atoms with Gasteiger partial charge in [0.15, 0.2) is 0 Å². The van der Waals surface area contributed by atoms with Crippen LogP contribution in [0, 0.1) is 52.3 Å². The monoisotopic (exact) mass is 711 g/mol. The topological polar surface area (TPSA) is 27.7 Å². The Morgan fingerprint density at radius 1 is 0.725 bits per heavy atom. The third kappa shape index (κ3) is 13.0. The third-order valence-corrected chi connectivity index (χ3v) is 14.7. The molecule has 51 heavy (non-hydrogen) atoms. The van der Waals surface area contributed by atoms with Crippen molar-refractivity contribution < 1.29 is 14.2 Å². The minimum atomic E-state index is 0.433. The van der Waals surface area contributed by atoms with Gasteiger partial charge >= 0.3 is 0 Å². The van der Waals surface area contributed by atoms with Crippen LogP contribution in [0.3, 0.4) is 0 Å². The molecule has 3 heteroatoms. The smallest absolute Gasteiger partial charge is 0.0612 e. The normalized spacial score (nSPS) is 31.8. The molecular weight excluding hydrogens is 625 g/mol. The number of allylic oxidation sites excluding steroid dienone is 3. The Morgan fingerprint density at radius 3 is 2.18 bits per heavy atom. The van der Waals surface area contributed by atoms with Gasteiger partial charge in [0, 0.05) is 25.7 Å². The quantitative estimate of drug-likeness (QED) is 0.0661. The van der Waals surface area contributed by atoms with E-state index in [-0.39, 0.29) is 0 Å². The Morgan fingerprint density at radius 2 is 1.43 bits per heavy atom. The summed E-state index contributed by atoms with van der Waals surface area (Å²) in [6, 6.07) is 0. The van der Waals surface area contributed by atoms with E-state index in [9.17, 15) is 0 Å². The lowest BCUT2D eigenvalue weighted by Crippen LogP contribution is -2.51. The lowest BCUT2D eigenvalue weighted by atomic mass is 9.47. The molecule has 0 heterocycles. The van der Waals surface area contributed by atoms with Crippen molar-refractivity contribution in [3.05, 3.63) is 23.8 Å². The van der Waals surface area contributed by atoms with E-state index in [4.69, 9.17) is 14.2 Å². The van der Waals surface area contributed by atoms with Gasteiger partial charge in [-0.25, -0.2) is 0 Å². The molecule has 0 N–H and O–H groups in total. The summed E-state index contributed by atoms with van der Waals surface area (Å²) < 4.78 is 18.4. The summed E-state index contributed by atoms with van der Waals surface area (Å²) in [5, 5.41) is 0. The van der Waals surface area contributed by atoms with Gasteiger partial charge in [0.25, 0.3) is 0 Å². The molecule has 3 saturated carbocycles. The number of unbranched alkanes of at least 4 members (excludes halogenated alkanes) is 8. The van der Waals surface area contributed by atoms with E-state index in [1.807, 2.05) is 0 Å². The molecule has 9 atom stereocenters. The van der Waals surface area contributed by atoms with Gasteiger partial charge in [0.1, 0.15) is 0 Å². The predicted molar refractivity (Wildman–Crippen MR) is 219 cm³/mol. The van der Waals surface area contributed by atoms with Crippen LogP contribution in [0.1, 0.15) is 190 Å². The van der Waals surface area contributed by atoms with Crippen LogP contribution in [-0.2, 0) is 14.2 Å². The summed E-state index contributed by atoms with van der Waals surface area (Å²) in [6.45, 7) is 21.6. The minimum absolute atomic E-state index is 0.433. The van der Waals surface area contributed by atoms with Gasteiger partial charge in [0.05, 0.1) is 19.3 Å². The van der Waals surface area contributed by atoms with Crippen molar-refractivity contribution in [2.45, 2.75) is 196 Å². The highest BCUT2D eigenvalue weighted by Gasteiger charge is 2.59. The number of fused-ring (bicyclic) bond motifs is 5. The molecule has 296 valence electrons. The fourth-order valence-corrected chi connectivity index (χ4v) is 11.5. The van der Waals surface area contributed by atoms with Crippen molar-refractivity contribution >= 4 is 0 Å². The molecule has 4 aliphatic carbocycles. The SMILES string of the molecule is CCCCC/C=C\CCCOC[C@@H](C)COCCCCCCCO[C@H]1CC[C@@]2(C)C(=CC[C@@H]3C2CC[C@@]2(C)C3CC[C@@H]2[C@H](C)CCCC(C)C)C1. The van der Waals surface area contributed by atoms with Gasteiger partial charge in [-0.3, -0.25) is 0 Å². The van der Waals surface area contributed by atoms with Crippen molar-refractivity contribution in [3.8, 4) is 0 Å². The van der Waals surface area contributed by atoms with Gasteiger partial charge in [-0.1, -0.05) is 124 Å². The summed E-state index contributed by atoms with van der Waals surface area (Å²) in [7, 11) is 0. The van der Waals surface area contributed by atoms with E-state index in [1.165, 1.54) is 128 Å². The van der Waals surface area contributed by atoms with E-state index >= 15 is 0 Å². The Bertz CT molecular complexity index is 1000. The number of ether oxygens (including phenoxy) is 3. The largest absolute Gasteiger partial charge is 0.381 e. The molecule has 4 rings (SSSR count). The van der Waals surface area contributed by atoms with Crippen molar-refractivity contribution in [2.24, 2.45) is 52.3 Å². The number of hydrogen-bond donors (Lipinski definition) is 0. The molecule has 3 nitrogen and oxygen atoms in total. The van der Waals surface area contributed by atoms with E-state index in [2.05, 4.69) is 66.7 Å². The van der Waals surface area contributed by atoms with Crippen molar-refractivity contribution in [2.75, 3.05) is 33.0 Å². The zero-order chi connectivity index (χ0) is 36.5. The second-order valence-corrected chi connectivity index (χ2v) is 19.2. The summed E-state index contributed by atoms with van der Waals surface area (Å²) in [5.74, 6) is 5.99. The predicted octanol–water partition coefficient (Wildman–Crippen LogP) is 13.9. The zero-order valence-electron chi connectivity index (χ0n) is 35.2. The molecule has 0 aromatic carbocycles. The van der Waals surface area contributed by atoms with Crippen LogP contribution < -0.4 is 0 Å². The van der Waals surface area contributed by atoms with E-state index < -0.39 is 0 Å². The zero-order valence-corrected chi connectivity index (χ0v) is 35.2. The fourth-order valence-electron chi connectivity index (χ4n) is 11.5. The summed E-state index contributed by atoms with van der Waals surface area (Å²) in [4.78, 5) is 0. The van der Waals surface area contributed by atoms with Gasteiger partial charge in [0.2, 0.25) is 0 Å². The first kappa shape index (κ1) is 43.1. The molecular formula is C48H86O3. The maximum atomic E-state index is 6.55. The Kier molecular flexibility index (Phi) is 19.2. The lowest BCUT2D eigenvalue weighted by molar-refractivity contribution is -0.0641. The second-order valence-electron chi connectivity index (χ2n) is 19.2. The standard InChI is InChI=1S/C48H86O3/c1-8-9-10-11-12-13-15-18-32-49-36-39(4)37-50-33-19-16-14-17-20-34-51-42-28-30-47(6)41(35-42)24-25-43-45-27-26-44(40(5)23-21-22-38(2)3)48(45,7)31-29-46(43)47/h12-13,24,38-40,42-46H,8-11,14-23,25-37H2,1-7H3/b13-12-/t39-,40-,42+,43+,44-,45?,46?,47+,48-/m1/s1. The molecule has 0 aliphatic heterocycles. The van der Waals surface area contributed by atoms with Crippen molar-refractivity contribution in [1.29, 1.82) is 0 Å². The molecule has 3 fully saturated rings. The molecule has 0 aromatic rings. The molecule has 0 amide bonds. The summed E-state index contributed by atoms with van der Waals surface area (Å²) in [5.41, 5.74) is 2.80. The van der Waals surface area contributed by atoms with Crippen LogP contribution in [0.4, 0.5) is 0 Å². The average Bonchev–Trinajstić information content (AvgIpc) is 3.47. The molecule has 0 saturated heterocycles. The van der Waals surface area contributed by atoms with Crippen LogP contribution >= 0.6 is 0 Å². The third-order valence-electron chi connectivity index (χ3n) is 14.7. The highest BCUT2D eigenvalue weighted by molar-refractivity contribution is 5.25. The van der Waals surface area contributed by atoms with Crippen molar-refractivity contribution in [3.63, 3.8) is 0 Å². The van der Waals surface area contributed by atoms with Crippen molar-refractivity contribution in [1.82, 2.24) is 0 Å². The summed E-state index contributed by atoms with van der Waals surface area (Å²) in [6.07, 6.45) is 37.0. The maximum Gasteiger partial charge on any atom is 0.0612 e. The van der Waals surface area contributed by atoms with Crippen LogP contribution in [0.25, 0.3) is 0 Å². The van der Waals surface area contributed by atoms with Gasteiger partial charge in [-0.2, -0.15) is 0 Å². The molecule has 2 unspecified atom stereocenters. The highest BCUT2D eigenvalue weighted by atomic mass is 16.5. The number of hydrogen-bond acceptors (Lipinski definition) is 3. The van der Waals surface area contributed by atoms with E-state index in [1.54, 1.807) is 5.57 Å². The Hall–Kier alpha value is -0.640. The molecule has 4 aliphatic rings. The van der Waals surface area contributed by atoms with Crippen LogP contribution in [0.15, 0.2) is 23.8 Å². The van der Waals surface area contributed by atoms with E-state index in [0.29, 0.717) is 22.9 Å². The maximum absolute atomic E-state index is 6.55. The number of rotatable bonds is 26. The highest BCUT2D eigenvalue weighted by Crippen LogP contribution is 2.67. The van der Waals surface area contributed by atoms with E-state index in [0.717, 1.165) is 81.4 Å². The first-order chi connectivity index (χ1) is 24.7. The minimum Gasteiger partial charge on any atom is -0.381 e. The second kappa shape index (κ2) is 22.7. The molecule has 0 spiro atoms. The van der Waals surface area contributed by atoms with Gasteiger partial charge < -0.3 is 14.2 Å². The summed E-state index contributed by atoms with van der Waals surface area (Å²) >= 11 is 0. The van der Waals surface area contributed by atoms with Crippen LogP contribution in [-0.4, -0.2) is 39.1 Å². The molecule has 0 bridgehead atoms. The van der Waals surface area contributed by atoms with Gasteiger partial charge in [-0.05, 0) is 136 Å². The Balaban J connectivity index is 1.02. The lowest BCUT2D eigenvalue weighted by Gasteiger charge is -2.58. The first-order valence-corrected chi connectivity index (χ1v) is 22.8. The first-order valence-electron chi connectivity index (χ1n) is 22.8. The van der Waals surface area contributed by atoms with Crippen LogP contribution in [0.2, 0.25) is 0 Å². The van der Waals surface area contributed by atoms with Gasteiger partial charge in [-0.15, -0.1) is 0 Å².